The van der Waals surface area contributed by atoms with Gasteiger partial charge in [0.25, 0.3) is 0 Å². The van der Waals surface area contributed by atoms with Gasteiger partial charge in [0.1, 0.15) is 6.54 Å². The second-order valence-corrected chi connectivity index (χ2v) is 6.59. The van der Waals surface area contributed by atoms with Crippen molar-refractivity contribution in [3.63, 3.8) is 0 Å². The highest BCUT2D eigenvalue weighted by atomic mass is 16.5. The molecule has 2 atom stereocenters. The van der Waals surface area contributed by atoms with Gasteiger partial charge >= 0.3 is 6.03 Å². The van der Waals surface area contributed by atoms with E-state index in [4.69, 9.17) is 4.52 Å². The molecule has 1 fully saturated rings. The molecule has 1 aromatic heterocycles. The molecule has 0 spiro atoms. The number of carbonyl (C=O) groups is 2. The van der Waals surface area contributed by atoms with Crippen LogP contribution in [0.5, 0.6) is 0 Å². The van der Waals surface area contributed by atoms with Gasteiger partial charge in [-0.2, -0.15) is 4.98 Å². The highest BCUT2D eigenvalue weighted by Crippen LogP contribution is 2.26. The lowest BCUT2D eigenvalue weighted by molar-refractivity contribution is -0.136. The van der Waals surface area contributed by atoms with Crippen molar-refractivity contribution in [1.82, 2.24) is 20.4 Å². The zero-order valence-electron chi connectivity index (χ0n) is 14.3. The summed E-state index contributed by atoms with van der Waals surface area (Å²) in [5.41, 5.74) is 0.823. The fourth-order valence-electron chi connectivity index (χ4n) is 3.50. The van der Waals surface area contributed by atoms with Gasteiger partial charge in [0.05, 0.1) is 5.92 Å². The molecule has 2 aliphatic rings. The van der Waals surface area contributed by atoms with E-state index in [1.54, 1.807) is 0 Å². The monoisotopic (exact) mass is 352 g/mol. The van der Waals surface area contributed by atoms with Gasteiger partial charge in [-0.15, -0.1) is 0 Å². The van der Waals surface area contributed by atoms with Crippen molar-refractivity contribution >= 4 is 11.9 Å². The zero-order chi connectivity index (χ0) is 17.9. The summed E-state index contributed by atoms with van der Waals surface area (Å²) in [6, 6.07) is 8.94. The summed E-state index contributed by atoms with van der Waals surface area (Å²) in [6.45, 7) is -0.0104. The van der Waals surface area contributed by atoms with Gasteiger partial charge in [0.15, 0.2) is 0 Å². The van der Waals surface area contributed by atoms with Crippen molar-refractivity contribution < 1.29 is 14.1 Å². The van der Waals surface area contributed by atoms with E-state index in [1.807, 2.05) is 30.3 Å². The predicted octanol–water partition coefficient (Wildman–Crippen LogP) is 2.90. The summed E-state index contributed by atoms with van der Waals surface area (Å²) in [7, 11) is 0. The minimum Gasteiger partial charge on any atom is -0.337 e. The van der Waals surface area contributed by atoms with E-state index in [2.05, 4.69) is 27.6 Å². The summed E-state index contributed by atoms with van der Waals surface area (Å²) in [5.74, 6) is 0.332. The molecule has 134 valence electrons. The van der Waals surface area contributed by atoms with Gasteiger partial charge in [-0.05, 0) is 25.7 Å². The van der Waals surface area contributed by atoms with E-state index in [9.17, 15) is 9.59 Å². The average molecular weight is 352 g/mol. The number of hydrogen-bond acceptors (Lipinski definition) is 5. The fraction of sp³-hybridized carbons (Fsp3) is 0.368. The molecule has 4 rings (SSSR count). The number of rotatable bonds is 3. The van der Waals surface area contributed by atoms with Crippen LogP contribution in [0.3, 0.4) is 0 Å². The number of fused-ring (bicyclic) bond motifs is 1. The molecule has 1 aliphatic carbocycles. The molecule has 1 saturated heterocycles. The number of aromatic nitrogens is 2. The van der Waals surface area contributed by atoms with Crippen LogP contribution in [-0.4, -0.2) is 33.0 Å². The van der Waals surface area contributed by atoms with Crippen LogP contribution in [0, 0.1) is 5.92 Å². The summed E-state index contributed by atoms with van der Waals surface area (Å²) in [4.78, 5) is 30.8. The Labute approximate surface area is 151 Å². The molecule has 2 heterocycles. The smallest absolute Gasteiger partial charge is 0.324 e. The van der Waals surface area contributed by atoms with Crippen molar-refractivity contribution in [1.29, 1.82) is 0 Å². The van der Waals surface area contributed by atoms with E-state index in [0.29, 0.717) is 5.82 Å². The lowest BCUT2D eigenvalue weighted by Crippen LogP contribution is -2.59. The molecule has 1 N–H and O–H groups in total. The van der Waals surface area contributed by atoms with E-state index in [1.165, 1.54) is 4.90 Å². The average Bonchev–Trinajstić information content (AvgIpc) is 3.10. The lowest BCUT2D eigenvalue weighted by atomic mass is 9.86. The van der Waals surface area contributed by atoms with Crippen LogP contribution in [-0.2, 0) is 11.3 Å². The van der Waals surface area contributed by atoms with Crippen LogP contribution in [0.1, 0.15) is 31.6 Å². The number of imide groups is 1. The second-order valence-electron chi connectivity index (χ2n) is 6.59. The van der Waals surface area contributed by atoms with E-state index in [0.717, 1.165) is 31.2 Å². The van der Waals surface area contributed by atoms with Crippen LogP contribution in [0.25, 0.3) is 11.4 Å². The van der Waals surface area contributed by atoms with Crippen molar-refractivity contribution in [2.75, 3.05) is 0 Å². The van der Waals surface area contributed by atoms with Gasteiger partial charge in [-0.3, -0.25) is 9.69 Å². The Kier molecular flexibility index (Phi) is 4.51. The first-order valence-corrected chi connectivity index (χ1v) is 8.87. The second kappa shape index (κ2) is 7.11. The maximum atomic E-state index is 12.9. The first kappa shape index (κ1) is 16.5. The number of allylic oxidation sites excluding steroid dienone is 2. The quantitative estimate of drug-likeness (QED) is 0.858. The van der Waals surface area contributed by atoms with Crippen LogP contribution in [0.15, 0.2) is 47.0 Å². The number of nitrogens with zero attached hydrogens (tertiary/aromatic N) is 3. The van der Waals surface area contributed by atoms with Gasteiger partial charge in [-0.25, -0.2) is 4.79 Å². The Morgan fingerprint density at radius 2 is 1.88 bits per heavy atom. The fourth-order valence-corrected chi connectivity index (χ4v) is 3.50. The standard InChI is InChI=1S/C19H20N4O3/c24-18-14-10-6-1-2-7-11-15(14)20-19(25)23(18)12-16-21-17(22-26-16)13-8-4-3-5-9-13/h1-5,8-9,14-15H,6-7,10-12H2,(H,20,25)/b2-1-/t14-,15+/m0/s1. The third-order valence-corrected chi connectivity index (χ3v) is 4.87. The lowest BCUT2D eigenvalue weighted by Gasteiger charge is -2.37. The van der Waals surface area contributed by atoms with Crippen LogP contribution < -0.4 is 5.32 Å². The summed E-state index contributed by atoms with van der Waals surface area (Å²) in [6.07, 6.45) is 7.45. The molecule has 1 aromatic carbocycles. The third kappa shape index (κ3) is 3.24. The molecule has 0 bridgehead atoms. The maximum absolute atomic E-state index is 12.9. The summed E-state index contributed by atoms with van der Waals surface area (Å²) < 4.78 is 5.25. The largest absolute Gasteiger partial charge is 0.337 e. The first-order chi connectivity index (χ1) is 12.7. The van der Waals surface area contributed by atoms with Crippen molar-refractivity contribution in [2.45, 2.75) is 38.3 Å². The van der Waals surface area contributed by atoms with Crippen LogP contribution >= 0.6 is 0 Å². The highest BCUT2D eigenvalue weighted by molar-refractivity contribution is 5.98. The van der Waals surface area contributed by atoms with Gasteiger partial charge in [-0.1, -0.05) is 47.6 Å². The Bertz CT molecular complexity index is 830. The number of hydrogen-bond donors (Lipinski definition) is 1. The molecule has 7 heteroatoms. The maximum Gasteiger partial charge on any atom is 0.324 e. The van der Waals surface area contributed by atoms with Gasteiger partial charge in [0, 0.05) is 11.6 Å². The number of amides is 3. The first-order valence-electron chi connectivity index (χ1n) is 8.87. The molecule has 26 heavy (non-hydrogen) atoms. The van der Waals surface area contributed by atoms with E-state index < -0.39 is 0 Å². The molecule has 0 radical (unpaired) electrons. The summed E-state index contributed by atoms with van der Waals surface area (Å²) >= 11 is 0. The Morgan fingerprint density at radius 1 is 1.12 bits per heavy atom. The molecule has 3 amide bonds. The van der Waals surface area contributed by atoms with Crippen LogP contribution in [0.2, 0.25) is 0 Å². The highest BCUT2D eigenvalue weighted by Gasteiger charge is 2.41. The van der Waals surface area contributed by atoms with E-state index in [-0.39, 0.29) is 36.3 Å². The van der Waals surface area contributed by atoms with E-state index >= 15 is 0 Å². The summed E-state index contributed by atoms with van der Waals surface area (Å²) in [5, 5.41) is 6.91. The minimum atomic E-state index is -0.389. The molecule has 0 unspecified atom stereocenters. The molecule has 2 aromatic rings. The molecular formula is C19H20N4O3. The molecular weight excluding hydrogens is 332 g/mol. The topological polar surface area (TPSA) is 88.3 Å². The molecule has 0 saturated carbocycles. The zero-order valence-corrected chi connectivity index (χ0v) is 14.3. The number of benzene rings is 1. The van der Waals surface area contributed by atoms with Crippen molar-refractivity contribution in [3.05, 3.63) is 48.4 Å². The normalized spacial score (nSPS) is 24.4. The van der Waals surface area contributed by atoms with Gasteiger partial charge in [0.2, 0.25) is 17.6 Å². The minimum absolute atomic E-state index is 0.0104. The van der Waals surface area contributed by atoms with Crippen molar-refractivity contribution in [3.8, 4) is 11.4 Å². The number of carbonyl (C=O) groups excluding carboxylic acids is 2. The number of urea groups is 1. The molecule has 7 nitrogen and oxygen atoms in total. The Balaban J connectivity index is 1.51. The van der Waals surface area contributed by atoms with Crippen LogP contribution in [0.4, 0.5) is 4.79 Å². The SMILES string of the molecule is O=C1N[C@@H]2CC/C=C\CC[C@@H]2C(=O)N1Cc1nc(-c2ccccc2)no1. The third-order valence-electron chi connectivity index (χ3n) is 4.87. The Hall–Kier alpha value is -2.96. The predicted molar refractivity (Wildman–Crippen MR) is 93.7 cm³/mol. The van der Waals surface area contributed by atoms with Gasteiger partial charge < -0.3 is 9.84 Å². The Morgan fingerprint density at radius 3 is 2.69 bits per heavy atom. The molecule has 1 aliphatic heterocycles. The number of nitrogens with one attached hydrogen (secondary N) is 1. The van der Waals surface area contributed by atoms with Crippen molar-refractivity contribution in [2.24, 2.45) is 5.92 Å².